The first-order valence-corrected chi connectivity index (χ1v) is 10.9. The zero-order valence-corrected chi connectivity index (χ0v) is 17.7. The molecule has 1 saturated heterocycles. The van der Waals surface area contributed by atoms with Gasteiger partial charge in [-0.05, 0) is 51.0 Å². The molecular formula is C23H31N3O4. The summed E-state index contributed by atoms with van der Waals surface area (Å²) in [5, 5.41) is 4.04. The molecule has 2 heterocycles. The molecule has 1 aromatic carbocycles. The molecule has 0 radical (unpaired) electrons. The highest BCUT2D eigenvalue weighted by molar-refractivity contribution is 5.94. The van der Waals surface area contributed by atoms with Crippen LogP contribution >= 0.6 is 0 Å². The minimum Gasteiger partial charge on any atom is -0.466 e. The van der Waals surface area contributed by atoms with Gasteiger partial charge in [0, 0.05) is 31.6 Å². The van der Waals surface area contributed by atoms with Crippen LogP contribution in [0.1, 0.15) is 57.4 Å². The Morgan fingerprint density at radius 1 is 1.20 bits per heavy atom. The van der Waals surface area contributed by atoms with Gasteiger partial charge in [0.25, 0.3) is 0 Å². The van der Waals surface area contributed by atoms with Gasteiger partial charge in [-0.15, -0.1) is 0 Å². The van der Waals surface area contributed by atoms with E-state index >= 15 is 0 Å². The molecule has 7 heteroatoms. The van der Waals surface area contributed by atoms with Crippen LogP contribution in [-0.4, -0.2) is 48.1 Å². The van der Waals surface area contributed by atoms with Crippen LogP contribution < -0.4 is 5.43 Å². The van der Waals surface area contributed by atoms with Crippen LogP contribution in [0.15, 0.2) is 35.4 Å². The number of hydrogen-bond acceptors (Lipinski definition) is 5. The van der Waals surface area contributed by atoms with Crippen molar-refractivity contribution in [1.29, 1.82) is 0 Å². The number of nitrogens with one attached hydrogen (secondary N) is 1. The summed E-state index contributed by atoms with van der Waals surface area (Å²) in [5.74, 6) is -0.251. The Bertz CT molecular complexity index is 793. The lowest BCUT2D eigenvalue weighted by molar-refractivity contribution is -0.161. The highest BCUT2D eigenvalue weighted by Gasteiger charge is 2.44. The molecule has 0 bridgehead atoms. The van der Waals surface area contributed by atoms with Gasteiger partial charge in [-0.25, -0.2) is 5.43 Å². The summed E-state index contributed by atoms with van der Waals surface area (Å²) in [5.41, 5.74) is 3.85. The van der Waals surface area contributed by atoms with Crippen LogP contribution in [0.5, 0.6) is 0 Å². The van der Waals surface area contributed by atoms with E-state index in [1.165, 1.54) is 5.56 Å². The molecule has 30 heavy (non-hydrogen) atoms. The minimum atomic E-state index is -0.657. The fourth-order valence-electron chi connectivity index (χ4n) is 4.23. The lowest BCUT2D eigenvalue weighted by Crippen LogP contribution is -2.50. The Hall–Kier alpha value is -2.70. The second kappa shape index (κ2) is 10.4. The van der Waals surface area contributed by atoms with Gasteiger partial charge in [0.15, 0.2) is 0 Å². The molecule has 1 N–H and O–H groups in total. The van der Waals surface area contributed by atoms with E-state index in [1.54, 1.807) is 0 Å². The number of carbonyl (C=O) groups is 3. The Labute approximate surface area is 177 Å². The molecule has 0 saturated carbocycles. The van der Waals surface area contributed by atoms with Crippen LogP contribution in [0.2, 0.25) is 0 Å². The summed E-state index contributed by atoms with van der Waals surface area (Å²) in [6.45, 7) is 3.22. The summed E-state index contributed by atoms with van der Waals surface area (Å²) in [4.78, 5) is 38.8. The largest absolute Gasteiger partial charge is 0.466 e. The van der Waals surface area contributed by atoms with E-state index < -0.39 is 5.41 Å². The maximum atomic E-state index is 12.9. The number of rotatable bonds is 8. The van der Waals surface area contributed by atoms with Gasteiger partial charge >= 0.3 is 5.97 Å². The second-order valence-corrected chi connectivity index (χ2v) is 8.12. The number of amides is 2. The maximum Gasteiger partial charge on any atom is 0.313 e. The zero-order valence-electron chi connectivity index (χ0n) is 17.7. The Morgan fingerprint density at radius 2 is 2.00 bits per heavy atom. The molecular weight excluding hydrogens is 382 g/mol. The Balaban J connectivity index is 1.64. The number of benzene rings is 1. The fourth-order valence-corrected chi connectivity index (χ4v) is 4.23. The number of piperidine rings is 1. The van der Waals surface area contributed by atoms with Gasteiger partial charge in [0.2, 0.25) is 11.8 Å². The van der Waals surface area contributed by atoms with Crippen molar-refractivity contribution in [1.82, 2.24) is 10.3 Å². The van der Waals surface area contributed by atoms with E-state index in [9.17, 15) is 14.4 Å². The predicted octanol–water partition coefficient (Wildman–Crippen LogP) is 2.84. The molecule has 2 aliphatic heterocycles. The summed E-state index contributed by atoms with van der Waals surface area (Å²) in [6, 6.07) is 10.1. The number of hydrogen-bond donors (Lipinski definition) is 1. The third-order valence-corrected chi connectivity index (χ3v) is 5.98. The van der Waals surface area contributed by atoms with Crippen molar-refractivity contribution < 1.29 is 19.1 Å². The van der Waals surface area contributed by atoms with Gasteiger partial charge in [-0.3, -0.25) is 14.4 Å². The summed E-state index contributed by atoms with van der Waals surface area (Å²) in [6.07, 6.45) is 4.86. The van der Waals surface area contributed by atoms with Crippen molar-refractivity contribution in [2.24, 2.45) is 10.5 Å². The molecule has 1 fully saturated rings. The van der Waals surface area contributed by atoms with Crippen LogP contribution in [-0.2, 0) is 25.5 Å². The molecule has 0 unspecified atom stereocenters. The standard InChI is InChI=1S/C23H31N3O4/c1-2-30-22(29)23(15-13-18-7-4-3-5-8-18)14-6-16-26(17-23)21(28)12-10-19-9-11-20(27)25-24-19/h3-5,7-8H,2,6,9-17H2,1H3,(H,25,27)/t23-/m1/s1. The highest BCUT2D eigenvalue weighted by Crippen LogP contribution is 2.36. The maximum absolute atomic E-state index is 12.9. The zero-order chi connectivity index (χ0) is 21.4. The molecule has 0 aromatic heterocycles. The summed E-state index contributed by atoms with van der Waals surface area (Å²) >= 11 is 0. The summed E-state index contributed by atoms with van der Waals surface area (Å²) in [7, 11) is 0. The van der Waals surface area contributed by atoms with E-state index in [0.29, 0.717) is 51.8 Å². The third kappa shape index (κ3) is 5.68. The van der Waals surface area contributed by atoms with Crippen LogP contribution in [0.3, 0.4) is 0 Å². The molecule has 1 aromatic rings. The van der Waals surface area contributed by atoms with Crippen molar-refractivity contribution >= 4 is 23.5 Å². The quantitative estimate of drug-likeness (QED) is 0.664. The molecule has 7 nitrogen and oxygen atoms in total. The lowest BCUT2D eigenvalue weighted by atomic mass is 9.75. The highest BCUT2D eigenvalue weighted by atomic mass is 16.5. The number of hydrazone groups is 1. The van der Waals surface area contributed by atoms with E-state index in [4.69, 9.17) is 4.74 Å². The number of ether oxygens (including phenoxy) is 1. The van der Waals surface area contributed by atoms with Crippen molar-refractivity contribution in [3.05, 3.63) is 35.9 Å². The molecule has 2 amide bonds. The number of aryl methyl sites for hydroxylation is 1. The molecule has 1 atom stereocenters. The topological polar surface area (TPSA) is 88.1 Å². The summed E-state index contributed by atoms with van der Waals surface area (Å²) < 4.78 is 5.43. The number of nitrogens with zero attached hydrogens (tertiary/aromatic N) is 2. The fraction of sp³-hybridized carbons (Fsp3) is 0.565. The van der Waals surface area contributed by atoms with Crippen molar-refractivity contribution in [2.75, 3.05) is 19.7 Å². The monoisotopic (exact) mass is 413 g/mol. The van der Waals surface area contributed by atoms with Crippen LogP contribution in [0.25, 0.3) is 0 Å². The van der Waals surface area contributed by atoms with Gasteiger partial charge in [0.05, 0.1) is 12.0 Å². The number of esters is 1. The average Bonchev–Trinajstić information content (AvgIpc) is 2.78. The first-order chi connectivity index (χ1) is 14.5. The molecule has 0 aliphatic carbocycles. The smallest absolute Gasteiger partial charge is 0.313 e. The predicted molar refractivity (Wildman–Crippen MR) is 114 cm³/mol. The van der Waals surface area contributed by atoms with Crippen LogP contribution in [0.4, 0.5) is 0 Å². The number of carbonyl (C=O) groups excluding carboxylic acids is 3. The van der Waals surface area contributed by atoms with Gasteiger partial charge in [0.1, 0.15) is 0 Å². The molecule has 2 aliphatic rings. The van der Waals surface area contributed by atoms with E-state index in [2.05, 4.69) is 22.7 Å². The van der Waals surface area contributed by atoms with Crippen molar-refractivity contribution in [3.63, 3.8) is 0 Å². The normalized spacial score (nSPS) is 21.6. The average molecular weight is 414 g/mol. The molecule has 3 rings (SSSR count). The van der Waals surface area contributed by atoms with Gasteiger partial charge in [-0.2, -0.15) is 5.10 Å². The lowest BCUT2D eigenvalue weighted by Gasteiger charge is -2.41. The second-order valence-electron chi connectivity index (χ2n) is 8.12. The van der Waals surface area contributed by atoms with E-state index in [1.807, 2.05) is 30.0 Å². The van der Waals surface area contributed by atoms with Crippen molar-refractivity contribution in [3.8, 4) is 0 Å². The third-order valence-electron chi connectivity index (χ3n) is 5.98. The minimum absolute atomic E-state index is 0.0303. The molecule has 0 spiro atoms. The Kier molecular flexibility index (Phi) is 7.60. The Morgan fingerprint density at radius 3 is 2.70 bits per heavy atom. The first-order valence-electron chi connectivity index (χ1n) is 10.9. The molecule has 162 valence electrons. The number of likely N-dealkylation sites (tertiary alicyclic amines) is 1. The van der Waals surface area contributed by atoms with E-state index in [0.717, 1.165) is 25.0 Å². The SMILES string of the molecule is CCOC(=O)[C@@]1(CCc2ccccc2)CCCN(C(=O)CCC2=NNC(=O)CC2)C1. The van der Waals surface area contributed by atoms with Gasteiger partial charge < -0.3 is 9.64 Å². The van der Waals surface area contributed by atoms with Crippen LogP contribution in [0, 0.1) is 5.41 Å². The van der Waals surface area contributed by atoms with Gasteiger partial charge in [-0.1, -0.05) is 30.3 Å². The first kappa shape index (κ1) is 22.0. The van der Waals surface area contributed by atoms with E-state index in [-0.39, 0.29) is 17.8 Å². The van der Waals surface area contributed by atoms with Crippen molar-refractivity contribution in [2.45, 2.75) is 58.3 Å².